The number of nitrogens with zero attached hydrogens (tertiary/aromatic N) is 1. The van der Waals surface area contributed by atoms with E-state index >= 15 is 0 Å². The van der Waals surface area contributed by atoms with Gasteiger partial charge in [0, 0.05) is 19.6 Å². The molecular weight excluding hydrogens is 112 g/mol. The van der Waals surface area contributed by atoms with Gasteiger partial charge in [0.15, 0.2) is 0 Å². The largest absolute Gasteiger partial charge is 0.255 e. The predicted molar refractivity (Wildman–Crippen MR) is 39.1 cm³/mol. The van der Waals surface area contributed by atoms with Crippen LogP contribution in [-0.4, -0.2) is 24.6 Å². The highest BCUT2D eigenvalue weighted by Crippen LogP contribution is 2.23. The van der Waals surface area contributed by atoms with E-state index in [0.29, 0.717) is 0 Å². The monoisotopic (exact) mass is 128 g/mol. The molecule has 2 heteroatoms. The summed E-state index contributed by atoms with van der Waals surface area (Å²) in [5, 5.41) is 2.24. The summed E-state index contributed by atoms with van der Waals surface area (Å²) < 4.78 is 0. The maximum Gasteiger partial charge on any atom is 0.0241 e. The van der Waals surface area contributed by atoms with Crippen molar-refractivity contribution in [3.05, 3.63) is 0 Å². The van der Waals surface area contributed by atoms with Crippen LogP contribution in [0.4, 0.5) is 0 Å². The summed E-state index contributed by atoms with van der Waals surface area (Å²) in [7, 11) is 2.13. The second-order valence-electron chi connectivity index (χ2n) is 2.75. The Kier molecular flexibility index (Phi) is 2.49. The Morgan fingerprint density at radius 1 is 1.56 bits per heavy atom. The van der Waals surface area contributed by atoms with Gasteiger partial charge in [0.05, 0.1) is 0 Å². The van der Waals surface area contributed by atoms with E-state index in [4.69, 9.17) is 0 Å². The number of hydrazine groups is 1. The van der Waals surface area contributed by atoms with Gasteiger partial charge in [0.1, 0.15) is 0 Å². The normalized spacial score (nSPS) is 19.0. The maximum absolute atomic E-state index is 3.33. The minimum absolute atomic E-state index is 0.844. The van der Waals surface area contributed by atoms with Gasteiger partial charge < -0.3 is 0 Å². The molecule has 0 aromatic heterocycles. The minimum Gasteiger partial charge on any atom is -0.255 e. The van der Waals surface area contributed by atoms with Crippen molar-refractivity contribution in [3.63, 3.8) is 0 Å². The van der Waals surface area contributed by atoms with Crippen LogP contribution in [0.3, 0.4) is 0 Å². The molecule has 1 rings (SSSR count). The van der Waals surface area contributed by atoms with Crippen molar-refractivity contribution in [2.45, 2.75) is 32.2 Å². The molecule has 2 nitrogen and oxygen atoms in total. The second-order valence-corrected chi connectivity index (χ2v) is 2.75. The molecule has 0 radical (unpaired) electrons. The first-order valence-electron chi connectivity index (χ1n) is 3.81. The summed E-state index contributed by atoms with van der Waals surface area (Å²) in [6.45, 7) is 3.31. The van der Waals surface area contributed by atoms with Gasteiger partial charge in [-0.15, -0.1) is 0 Å². The number of hydrogen-bond acceptors (Lipinski definition) is 2. The van der Waals surface area contributed by atoms with Crippen LogP contribution in [0.1, 0.15) is 26.2 Å². The molecule has 1 fully saturated rings. The van der Waals surface area contributed by atoms with E-state index in [9.17, 15) is 0 Å². The first kappa shape index (κ1) is 7.03. The van der Waals surface area contributed by atoms with Crippen molar-refractivity contribution in [2.75, 3.05) is 13.6 Å². The Balaban J connectivity index is 1.96. The summed E-state index contributed by atoms with van der Waals surface area (Å²) in [6.07, 6.45) is 3.98. The zero-order valence-corrected chi connectivity index (χ0v) is 6.35. The zero-order chi connectivity index (χ0) is 6.69. The molecule has 9 heavy (non-hydrogen) atoms. The van der Waals surface area contributed by atoms with Crippen molar-refractivity contribution in [2.24, 2.45) is 0 Å². The number of nitrogens with one attached hydrogen (secondary N) is 1. The standard InChI is InChI=1S/C7H16N2/c1-3-6-8-9(2)7-4-5-7/h7-8H,3-6H2,1-2H3. The van der Waals surface area contributed by atoms with Crippen molar-refractivity contribution in [1.82, 2.24) is 10.4 Å². The van der Waals surface area contributed by atoms with Crippen LogP contribution >= 0.6 is 0 Å². The van der Waals surface area contributed by atoms with E-state index in [-0.39, 0.29) is 0 Å². The molecule has 1 saturated carbocycles. The summed E-state index contributed by atoms with van der Waals surface area (Å²) >= 11 is 0. The van der Waals surface area contributed by atoms with Gasteiger partial charge in [-0.1, -0.05) is 6.92 Å². The van der Waals surface area contributed by atoms with Gasteiger partial charge in [-0.25, -0.2) is 5.01 Å². The molecule has 1 aliphatic carbocycles. The molecular formula is C7H16N2. The molecule has 0 amide bonds. The molecule has 0 saturated heterocycles. The van der Waals surface area contributed by atoms with Gasteiger partial charge >= 0.3 is 0 Å². The molecule has 0 aromatic rings. The predicted octanol–water partition coefficient (Wildman–Crippen LogP) is 0.995. The lowest BCUT2D eigenvalue weighted by Gasteiger charge is -2.15. The van der Waals surface area contributed by atoms with Gasteiger partial charge in [-0.3, -0.25) is 5.43 Å². The lowest BCUT2D eigenvalue weighted by Crippen LogP contribution is -2.36. The van der Waals surface area contributed by atoms with Crippen LogP contribution in [-0.2, 0) is 0 Å². The number of rotatable bonds is 4. The average Bonchev–Trinajstić information content (AvgIpc) is 2.63. The van der Waals surface area contributed by atoms with Crippen LogP contribution in [0.5, 0.6) is 0 Å². The van der Waals surface area contributed by atoms with Gasteiger partial charge in [0.25, 0.3) is 0 Å². The summed E-state index contributed by atoms with van der Waals surface area (Å²) in [5.41, 5.74) is 3.33. The highest BCUT2D eigenvalue weighted by molar-refractivity contribution is 4.80. The van der Waals surface area contributed by atoms with Crippen molar-refractivity contribution >= 4 is 0 Å². The fourth-order valence-corrected chi connectivity index (χ4v) is 0.879. The van der Waals surface area contributed by atoms with Gasteiger partial charge in [-0.2, -0.15) is 0 Å². The SMILES string of the molecule is CCCNN(C)C1CC1. The maximum atomic E-state index is 3.33. The van der Waals surface area contributed by atoms with Crippen molar-refractivity contribution in [3.8, 4) is 0 Å². The average molecular weight is 128 g/mol. The topological polar surface area (TPSA) is 15.3 Å². The van der Waals surface area contributed by atoms with Gasteiger partial charge in [-0.05, 0) is 19.3 Å². The van der Waals surface area contributed by atoms with E-state index in [1.165, 1.54) is 19.3 Å². The third-order valence-electron chi connectivity index (χ3n) is 1.71. The molecule has 1 N–H and O–H groups in total. The third kappa shape index (κ3) is 2.33. The molecule has 0 aliphatic heterocycles. The molecule has 54 valence electrons. The number of hydrogen-bond donors (Lipinski definition) is 1. The highest BCUT2D eigenvalue weighted by Gasteiger charge is 2.25. The highest BCUT2D eigenvalue weighted by atomic mass is 15.5. The Morgan fingerprint density at radius 2 is 2.22 bits per heavy atom. The fourth-order valence-electron chi connectivity index (χ4n) is 0.879. The molecule has 1 aliphatic rings. The molecule has 0 bridgehead atoms. The molecule has 0 aromatic carbocycles. The minimum atomic E-state index is 0.844. The van der Waals surface area contributed by atoms with E-state index in [1.54, 1.807) is 0 Å². The summed E-state index contributed by atoms with van der Waals surface area (Å²) in [4.78, 5) is 0. The van der Waals surface area contributed by atoms with E-state index in [0.717, 1.165) is 12.6 Å². The summed E-state index contributed by atoms with van der Waals surface area (Å²) in [6, 6.07) is 0.844. The lowest BCUT2D eigenvalue weighted by atomic mass is 10.5. The fraction of sp³-hybridized carbons (Fsp3) is 1.00. The first-order chi connectivity index (χ1) is 4.34. The third-order valence-corrected chi connectivity index (χ3v) is 1.71. The summed E-state index contributed by atoms with van der Waals surface area (Å²) in [5.74, 6) is 0. The molecule has 0 unspecified atom stereocenters. The Labute approximate surface area is 57.2 Å². The lowest BCUT2D eigenvalue weighted by molar-refractivity contribution is 0.225. The van der Waals surface area contributed by atoms with E-state index < -0.39 is 0 Å². The van der Waals surface area contributed by atoms with Crippen LogP contribution in [0.2, 0.25) is 0 Å². The molecule has 0 spiro atoms. The van der Waals surface area contributed by atoms with Gasteiger partial charge in [0.2, 0.25) is 0 Å². The second kappa shape index (κ2) is 3.18. The van der Waals surface area contributed by atoms with Crippen molar-refractivity contribution < 1.29 is 0 Å². The van der Waals surface area contributed by atoms with E-state index in [1.807, 2.05) is 0 Å². The Hall–Kier alpha value is -0.0800. The van der Waals surface area contributed by atoms with E-state index in [2.05, 4.69) is 24.4 Å². The van der Waals surface area contributed by atoms with Crippen LogP contribution in [0, 0.1) is 0 Å². The quantitative estimate of drug-likeness (QED) is 0.568. The smallest absolute Gasteiger partial charge is 0.0241 e. The van der Waals surface area contributed by atoms with Crippen LogP contribution in [0.15, 0.2) is 0 Å². The molecule has 0 heterocycles. The van der Waals surface area contributed by atoms with Crippen LogP contribution < -0.4 is 5.43 Å². The molecule has 0 atom stereocenters. The van der Waals surface area contributed by atoms with Crippen LogP contribution in [0.25, 0.3) is 0 Å². The first-order valence-corrected chi connectivity index (χ1v) is 3.81. The Morgan fingerprint density at radius 3 is 2.67 bits per heavy atom. The Bertz CT molecular complexity index is 79.0. The van der Waals surface area contributed by atoms with Crippen molar-refractivity contribution in [1.29, 1.82) is 0 Å². The zero-order valence-electron chi connectivity index (χ0n) is 6.35.